The van der Waals surface area contributed by atoms with Crippen LogP contribution in [0.3, 0.4) is 0 Å². The van der Waals surface area contributed by atoms with Crippen molar-refractivity contribution >= 4 is 46.8 Å². The van der Waals surface area contributed by atoms with Gasteiger partial charge in [-0.2, -0.15) is 0 Å². The van der Waals surface area contributed by atoms with Crippen molar-refractivity contribution in [2.75, 3.05) is 19.9 Å². The van der Waals surface area contributed by atoms with E-state index in [0.717, 1.165) is 16.7 Å². The summed E-state index contributed by atoms with van der Waals surface area (Å²) in [4.78, 5) is 28.2. The van der Waals surface area contributed by atoms with Crippen LogP contribution in [-0.4, -0.2) is 42.7 Å². The number of halogens is 2. The molecule has 8 heteroatoms. The molecular formula is C27H28Cl2N2O3S. The summed E-state index contributed by atoms with van der Waals surface area (Å²) in [5.74, 6) is 0.987. The van der Waals surface area contributed by atoms with Gasteiger partial charge >= 0.3 is 0 Å². The molecule has 3 aromatic rings. The van der Waals surface area contributed by atoms with Crippen molar-refractivity contribution in [3.05, 3.63) is 99.5 Å². The zero-order valence-electron chi connectivity index (χ0n) is 19.7. The molecule has 0 aliphatic rings. The highest BCUT2D eigenvalue weighted by atomic mass is 35.5. The summed E-state index contributed by atoms with van der Waals surface area (Å²) in [5, 5.41) is 3.86. The van der Waals surface area contributed by atoms with Crippen LogP contribution in [0, 0.1) is 0 Å². The Bertz CT molecular complexity index is 1120. The van der Waals surface area contributed by atoms with Gasteiger partial charge in [-0.25, -0.2) is 0 Å². The molecule has 3 rings (SSSR count). The fraction of sp³-hybridized carbons (Fsp3) is 0.259. The van der Waals surface area contributed by atoms with E-state index in [9.17, 15) is 9.59 Å². The first-order chi connectivity index (χ1) is 16.9. The molecule has 0 aliphatic heterocycles. The molecule has 0 aliphatic carbocycles. The van der Waals surface area contributed by atoms with Gasteiger partial charge in [0.25, 0.3) is 0 Å². The predicted octanol–water partition coefficient (Wildman–Crippen LogP) is 5.62. The average Bonchev–Trinajstić information content (AvgIpc) is 2.88. The first kappa shape index (κ1) is 26.9. The van der Waals surface area contributed by atoms with Gasteiger partial charge in [-0.15, -0.1) is 11.8 Å². The molecule has 0 spiro atoms. The Morgan fingerprint density at radius 3 is 2.29 bits per heavy atom. The monoisotopic (exact) mass is 530 g/mol. The van der Waals surface area contributed by atoms with E-state index in [2.05, 4.69) is 5.32 Å². The lowest BCUT2D eigenvalue weighted by Gasteiger charge is -2.31. The summed E-state index contributed by atoms with van der Waals surface area (Å²) in [7, 11) is 3.18. The fourth-order valence-corrected chi connectivity index (χ4v) is 5.33. The number of hydrogen-bond acceptors (Lipinski definition) is 4. The highest BCUT2D eigenvalue weighted by Gasteiger charge is 2.29. The van der Waals surface area contributed by atoms with Gasteiger partial charge in [0.05, 0.1) is 12.9 Å². The maximum absolute atomic E-state index is 13.5. The van der Waals surface area contributed by atoms with Gasteiger partial charge in [0.1, 0.15) is 11.8 Å². The lowest BCUT2D eigenvalue weighted by Crippen LogP contribution is -2.50. The average molecular weight is 532 g/mol. The minimum atomic E-state index is -0.675. The standard InChI is InChI=1S/C27H28Cl2N2O3S/c1-30-27(33)25(15-19-8-4-3-5-9-19)31(16-20-10-6-11-21(14-20)34-2)26(32)18-35-17-22-23(28)12-7-13-24(22)29/h3-14,25H,15-18H2,1-2H3,(H,30,33)/t25-/m0/s1. The molecule has 0 fully saturated rings. The molecule has 0 saturated heterocycles. The number of carbonyl (C=O) groups is 2. The summed E-state index contributed by atoms with van der Waals surface area (Å²) in [5.41, 5.74) is 2.64. The van der Waals surface area contributed by atoms with Crippen LogP contribution >= 0.6 is 35.0 Å². The fourth-order valence-electron chi connectivity index (χ4n) is 3.68. The van der Waals surface area contributed by atoms with E-state index in [1.54, 1.807) is 37.3 Å². The lowest BCUT2D eigenvalue weighted by molar-refractivity contribution is -0.139. The van der Waals surface area contributed by atoms with Crippen LogP contribution in [0.2, 0.25) is 10.0 Å². The molecule has 1 N–H and O–H groups in total. The molecule has 0 heterocycles. The predicted molar refractivity (Wildman–Crippen MR) is 144 cm³/mol. The van der Waals surface area contributed by atoms with Gasteiger partial charge < -0.3 is 15.0 Å². The van der Waals surface area contributed by atoms with E-state index in [1.807, 2.05) is 54.6 Å². The first-order valence-electron chi connectivity index (χ1n) is 11.1. The minimum absolute atomic E-state index is 0.148. The number of ether oxygens (including phenoxy) is 1. The molecule has 35 heavy (non-hydrogen) atoms. The highest BCUT2D eigenvalue weighted by molar-refractivity contribution is 7.99. The zero-order valence-corrected chi connectivity index (χ0v) is 22.0. The van der Waals surface area contributed by atoms with Crippen molar-refractivity contribution in [2.24, 2.45) is 0 Å². The topological polar surface area (TPSA) is 58.6 Å². The van der Waals surface area contributed by atoms with E-state index >= 15 is 0 Å². The smallest absolute Gasteiger partial charge is 0.242 e. The molecule has 1 atom stereocenters. The number of hydrogen-bond donors (Lipinski definition) is 1. The maximum atomic E-state index is 13.5. The normalized spacial score (nSPS) is 11.5. The largest absolute Gasteiger partial charge is 0.497 e. The van der Waals surface area contributed by atoms with Gasteiger partial charge in [-0.05, 0) is 41.0 Å². The van der Waals surface area contributed by atoms with Gasteiger partial charge in [0.15, 0.2) is 0 Å². The highest BCUT2D eigenvalue weighted by Crippen LogP contribution is 2.28. The van der Waals surface area contributed by atoms with Crippen molar-refractivity contribution in [1.29, 1.82) is 0 Å². The Morgan fingerprint density at radius 1 is 0.971 bits per heavy atom. The van der Waals surface area contributed by atoms with Crippen LogP contribution in [0.15, 0.2) is 72.8 Å². The van der Waals surface area contributed by atoms with Crippen molar-refractivity contribution < 1.29 is 14.3 Å². The zero-order chi connectivity index (χ0) is 25.2. The second kappa shape index (κ2) is 13.4. The van der Waals surface area contributed by atoms with Crippen LogP contribution in [0.25, 0.3) is 0 Å². The number of nitrogens with one attached hydrogen (secondary N) is 1. The third-order valence-corrected chi connectivity index (χ3v) is 7.19. The van der Waals surface area contributed by atoms with Crippen molar-refractivity contribution in [2.45, 2.75) is 24.8 Å². The third kappa shape index (κ3) is 7.66. The van der Waals surface area contributed by atoms with Crippen LogP contribution in [-0.2, 0) is 28.3 Å². The van der Waals surface area contributed by atoms with Gasteiger partial charge in [-0.1, -0.05) is 71.7 Å². The number of benzene rings is 3. The number of nitrogens with zero attached hydrogens (tertiary/aromatic N) is 1. The second-order valence-electron chi connectivity index (χ2n) is 7.89. The Balaban J connectivity index is 1.84. The van der Waals surface area contributed by atoms with Crippen molar-refractivity contribution in [1.82, 2.24) is 10.2 Å². The van der Waals surface area contributed by atoms with Crippen LogP contribution < -0.4 is 10.1 Å². The maximum Gasteiger partial charge on any atom is 0.242 e. The van der Waals surface area contributed by atoms with Gasteiger partial charge in [0.2, 0.25) is 11.8 Å². The quantitative estimate of drug-likeness (QED) is 0.349. The molecule has 0 bridgehead atoms. The number of amides is 2. The van der Waals surface area contributed by atoms with Crippen LogP contribution in [0.4, 0.5) is 0 Å². The van der Waals surface area contributed by atoms with E-state index in [0.29, 0.717) is 28.0 Å². The minimum Gasteiger partial charge on any atom is -0.497 e. The lowest BCUT2D eigenvalue weighted by atomic mass is 10.0. The van der Waals surface area contributed by atoms with Crippen LogP contribution in [0.5, 0.6) is 5.75 Å². The van der Waals surface area contributed by atoms with E-state index in [1.165, 1.54) is 11.8 Å². The van der Waals surface area contributed by atoms with Crippen molar-refractivity contribution in [3.8, 4) is 5.75 Å². The molecule has 0 radical (unpaired) electrons. The van der Waals surface area contributed by atoms with Crippen molar-refractivity contribution in [3.63, 3.8) is 0 Å². The SMILES string of the molecule is CNC(=O)[C@H](Cc1ccccc1)N(Cc1cccc(OC)c1)C(=O)CSCc1c(Cl)cccc1Cl. The second-order valence-corrected chi connectivity index (χ2v) is 9.69. The first-order valence-corrected chi connectivity index (χ1v) is 13.0. The van der Waals surface area contributed by atoms with Gasteiger partial charge in [-0.3, -0.25) is 9.59 Å². The van der Waals surface area contributed by atoms with E-state index in [4.69, 9.17) is 27.9 Å². The molecule has 0 saturated carbocycles. The molecule has 0 unspecified atom stereocenters. The third-order valence-electron chi connectivity index (χ3n) is 5.54. The molecule has 0 aromatic heterocycles. The molecule has 2 amide bonds. The van der Waals surface area contributed by atoms with E-state index < -0.39 is 6.04 Å². The number of thioether (sulfide) groups is 1. The number of carbonyl (C=O) groups excluding carboxylic acids is 2. The summed E-state index contributed by atoms with van der Waals surface area (Å²) >= 11 is 14.0. The number of methoxy groups -OCH3 is 1. The molecular weight excluding hydrogens is 503 g/mol. The Labute approximate surface area is 220 Å². The molecule has 3 aromatic carbocycles. The number of likely N-dealkylation sites (N-methyl/N-ethyl adjacent to an activating group) is 1. The summed E-state index contributed by atoms with van der Waals surface area (Å²) in [6.45, 7) is 0.272. The summed E-state index contributed by atoms with van der Waals surface area (Å²) in [6.07, 6.45) is 0.400. The van der Waals surface area contributed by atoms with Crippen LogP contribution in [0.1, 0.15) is 16.7 Å². The summed E-state index contributed by atoms with van der Waals surface area (Å²) < 4.78 is 5.35. The molecule has 184 valence electrons. The van der Waals surface area contributed by atoms with Gasteiger partial charge in [0, 0.05) is 35.8 Å². The Hall–Kier alpha value is -2.67. The molecule has 5 nitrogen and oxygen atoms in total. The number of rotatable bonds is 11. The Morgan fingerprint density at radius 2 is 1.63 bits per heavy atom. The summed E-state index contributed by atoms with van der Waals surface area (Å²) in [6, 6.07) is 21.9. The van der Waals surface area contributed by atoms with E-state index in [-0.39, 0.29) is 24.1 Å². The Kier molecular flexibility index (Phi) is 10.3.